The lowest BCUT2D eigenvalue weighted by Gasteiger charge is -2.10. The summed E-state index contributed by atoms with van der Waals surface area (Å²) < 4.78 is 13.6. The zero-order chi connectivity index (χ0) is 19.1. The van der Waals surface area contributed by atoms with Gasteiger partial charge in [0.25, 0.3) is 0 Å². The first-order chi connectivity index (χ1) is 13.1. The van der Waals surface area contributed by atoms with Crippen LogP contribution < -0.4 is 16.0 Å². The van der Waals surface area contributed by atoms with Crippen LogP contribution >= 0.6 is 0 Å². The molecule has 6 nitrogen and oxygen atoms in total. The van der Waals surface area contributed by atoms with Crippen molar-refractivity contribution in [1.82, 2.24) is 9.97 Å². The van der Waals surface area contributed by atoms with Crippen molar-refractivity contribution in [3.8, 4) is 0 Å². The van der Waals surface area contributed by atoms with Gasteiger partial charge < -0.3 is 16.0 Å². The zero-order valence-corrected chi connectivity index (χ0v) is 14.9. The molecule has 0 saturated heterocycles. The first-order valence-corrected chi connectivity index (χ1v) is 8.54. The van der Waals surface area contributed by atoms with Crippen LogP contribution in [-0.2, 0) is 11.2 Å². The van der Waals surface area contributed by atoms with Gasteiger partial charge in [-0.25, -0.2) is 14.4 Å². The van der Waals surface area contributed by atoms with Gasteiger partial charge in [-0.2, -0.15) is 0 Å². The van der Waals surface area contributed by atoms with E-state index in [1.807, 2.05) is 18.2 Å². The van der Waals surface area contributed by atoms with Gasteiger partial charge in [-0.05, 0) is 42.3 Å². The number of hydrogen-bond acceptors (Lipinski definition) is 5. The Balaban J connectivity index is 1.57. The molecule has 1 aromatic heterocycles. The summed E-state index contributed by atoms with van der Waals surface area (Å²) in [5, 5.41) is 9.07. The van der Waals surface area contributed by atoms with Crippen LogP contribution in [0.5, 0.6) is 0 Å². The molecule has 0 unspecified atom stereocenters. The Labute approximate surface area is 156 Å². The first kappa shape index (κ1) is 18.3. The largest absolute Gasteiger partial charge is 0.370 e. The molecule has 0 aliphatic rings. The molecular weight excluding hydrogens is 345 g/mol. The third-order valence-electron chi connectivity index (χ3n) is 3.80. The highest BCUT2D eigenvalue weighted by Gasteiger charge is 2.03. The normalized spacial score (nSPS) is 10.3. The number of aromatic nitrogens is 2. The second-order valence-electron chi connectivity index (χ2n) is 5.94. The van der Waals surface area contributed by atoms with Crippen LogP contribution in [0.2, 0.25) is 0 Å². The van der Waals surface area contributed by atoms with Crippen molar-refractivity contribution >= 4 is 28.9 Å². The van der Waals surface area contributed by atoms with Gasteiger partial charge >= 0.3 is 0 Å². The van der Waals surface area contributed by atoms with Gasteiger partial charge in [0, 0.05) is 30.9 Å². The van der Waals surface area contributed by atoms with Crippen molar-refractivity contribution in [1.29, 1.82) is 0 Å². The Kier molecular flexibility index (Phi) is 5.94. The van der Waals surface area contributed by atoms with Crippen LogP contribution in [0.4, 0.5) is 27.4 Å². The molecule has 2 aromatic carbocycles. The van der Waals surface area contributed by atoms with Gasteiger partial charge in [0.1, 0.15) is 23.8 Å². The summed E-state index contributed by atoms with van der Waals surface area (Å²) in [5.41, 5.74) is 2.23. The molecule has 0 atom stereocenters. The fourth-order valence-electron chi connectivity index (χ4n) is 2.54. The van der Waals surface area contributed by atoms with Crippen LogP contribution in [0.15, 0.2) is 60.9 Å². The molecule has 0 bridgehead atoms. The van der Waals surface area contributed by atoms with Gasteiger partial charge in [0.2, 0.25) is 5.91 Å². The van der Waals surface area contributed by atoms with Crippen molar-refractivity contribution in [2.24, 2.45) is 0 Å². The maximum Gasteiger partial charge on any atom is 0.221 e. The van der Waals surface area contributed by atoms with E-state index in [0.29, 0.717) is 30.2 Å². The topological polar surface area (TPSA) is 78.9 Å². The van der Waals surface area contributed by atoms with E-state index in [9.17, 15) is 9.18 Å². The Bertz CT molecular complexity index is 914. The molecule has 1 amide bonds. The van der Waals surface area contributed by atoms with Crippen molar-refractivity contribution in [3.63, 3.8) is 0 Å². The van der Waals surface area contributed by atoms with E-state index in [2.05, 4.69) is 25.9 Å². The quantitative estimate of drug-likeness (QED) is 0.590. The highest BCUT2D eigenvalue weighted by molar-refractivity contribution is 5.88. The molecule has 7 heteroatoms. The standard InChI is InChI=1S/C20H20FN5O/c1-14(27)25-16-6-8-17(9-7-16)26-20-12-19(23-13-24-20)22-11-10-15-4-2-3-5-18(15)21/h2-9,12-13H,10-11H2,1H3,(H,25,27)(H2,22,23,24,26). The highest BCUT2D eigenvalue weighted by atomic mass is 19.1. The van der Waals surface area contributed by atoms with E-state index in [4.69, 9.17) is 0 Å². The van der Waals surface area contributed by atoms with Crippen molar-refractivity contribution < 1.29 is 9.18 Å². The summed E-state index contributed by atoms with van der Waals surface area (Å²) in [7, 11) is 0. The predicted octanol–water partition coefficient (Wildman–Crippen LogP) is 3.97. The zero-order valence-electron chi connectivity index (χ0n) is 14.9. The number of nitrogens with one attached hydrogen (secondary N) is 3. The molecule has 3 N–H and O–H groups in total. The van der Waals surface area contributed by atoms with Gasteiger partial charge in [-0.3, -0.25) is 4.79 Å². The average molecular weight is 365 g/mol. The van der Waals surface area contributed by atoms with Gasteiger partial charge in [0.05, 0.1) is 0 Å². The van der Waals surface area contributed by atoms with Crippen LogP contribution in [0.25, 0.3) is 0 Å². The molecule has 0 radical (unpaired) electrons. The highest BCUT2D eigenvalue weighted by Crippen LogP contribution is 2.19. The van der Waals surface area contributed by atoms with Gasteiger partial charge in [-0.1, -0.05) is 18.2 Å². The maximum atomic E-state index is 13.6. The molecule has 0 spiro atoms. The first-order valence-electron chi connectivity index (χ1n) is 8.54. The molecule has 138 valence electrons. The summed E-state index contributed by atoms with van der Waals surface area (Å²) in [6.45, 7) is 2.02. The number of amides is 1. The van der Waals surface area contributed by atoms with E-state index in [0.717, 1.165) is 11.4 Å². The fraction of sp³-hybridized carbons (Fsp3) is 0.150. The second kappa shape index (κ2) is 8.75. The van der Waals surface area contributed by atoms with Crippen LogP contribution in [-0.4, -0.2) is 22.4 Å². The number of carbonyl (C=O) groups is 1. The number of nitrogens with zero attached hydrogens (tertiary/aromatic N) is 2. The summed E-state index contributed by atoms with van der Waals surface area (Å²) in [6, 6.07) is 15.8. The average Bonchev–Trinajstić information content (AvgIpc) is 2.65. The smallest absolute Gasteiger partial charge is 0.221 e. The molecule has 3 rings (SSSR count). The SMILES string of the molecule is CC(=O)Nc1ccc(Nc2cc(NCCc3ccccc3F)ncn2)cc1. The Morgan fingerprint density at radius 1 is 1.00 bits per heavy atom. The minimum absolute atomic E-state index is 0.113. The number of rotatable bonds is 7. The van der Waals surface area contributed by atoms with Crippen molar-refractivity contribution in [2.45, 2.75) is 13.3 Å². The Morgan fingerprint density at radius 3 is 2.44 bits per heavy atom. The van der Waals surface area contributed by atoms with E-state index >= 15 is 0 Å². The molecule has 0 aliphatic carbocycles. The number of benzene rings is 2. The minimum Gasteiger partial charge on any atom is -0.370 e. The third-order valence-corrected chi connectivity index (χ3v) is 3.80. The van der Waals surface area contributed by atoms with E-state index in [1.165, 1.54) is 19.3 Å². The van der Waals surface area contributed by atoms with E-state index < -0.39 is 0 Å². The van der Waals surface area contributed by atoms with Crippen LogP contribution in [0.1, 0.15) is 12.5 Å². The Morgan fingerprint density at radius 2 is 1.70 bits per heavy atom. The van der Waals surface area contributed by atoms with Crippen molar-refractivity contribution in [2.75, 3.05) is 22.5 Å². The molecule has 1 heterocycles. The summed E-state index contributed by atoms with van der Waals surface area (Å²) in [5.74, 6) is 0.967. The monoisotopic (exact) mass is 365 g/mol. The maximum absolute atomic E-state index is 13.6. The molecular formula is C20H20FN5O. The van der Waals surface area contributed by atoms with E-state index in [-0.39, 0.29) is 11.7 Å². The minimum atomic E-state index is -0.202. The van der Waals surface area contributed by atoms with Crippen molar-refractivity contribution in [3.05, 3.63) is 72.3 Å². The predicted molar refractivity (Wildman–Crippen MR) is 105 cm³/mol. The summed E-state index contributed by atoms with van der Waals surface area (Å²) >= 11 is 0. The molecule has 3 aromatic rings. The lowest BCUT2D eigenvalue weighted by atomic mass is 10.1. The van der Waals surface area contributed by atoms with Gasteiger partial charge in [0.15, 0.2) is 0 Å². The molecule has 0 aliphatic heterocycles. The lowest BCUT2D eigenvalue weighted by molar-refractivity contribution is -0.114. The summed E-state index contributed by atoms with van der Waals surface area (Å²) in [4.78, 5) is 19.4. The fourth-order valence-corrected chi connectivity index (χ4v) is 2.54. The summed E-state index contributed by atoms with van der Waals surface area (Å²) in [6.07, 6.45) is 2.02. The third kappa shape index (κ3) is 5.50. The molecule has 0 fully saturated rings. The second-order valence-corrected chi connectivity index (χ2v) is 5.94. The Hall–Kier alpha value is -3.48. The number of carbonyl (C=O) groups excluding carboxylic acids is 1. The molecule has 27 heavy (non-hydrogen) atoms. The molecule has 0 saturated carbocycles. The number of anilines is 4. The van der Waals surface area contributed by atoms with Crippen LogP contribution in [0.3, 0.4) is 0 Å². The van der Waals surface area contributed by atoms with E-state index in [1.54, 1.807) is 30.3 Å². The van der Waals surface area contributed by atoms with Gasteiger partial charge in [-0.15, -0.1) is 0 Å². The number of halogens is 1. The number of hydrogen-bond donors (Lipinski definition) is 3. The van der Waals surface area contributed by atoms with Crippen LogP contribution in [0, 0.1) is 5.82 Å². The lowest BCUT2D eigenvalue weighted by Crippen LogP contribution is -2.08.